The van der Waals surface area contributed by atoms with Crippen LogP contribution in [0.25, 0.3) is 0 Å². The van der Waals surface area contributed by atoms with E-state index in [1.165, 1.54) is 11.1 Å². The molecule has 2 rings (SSSR count). The first kappa shape index (κ1) is 9.97. The summed E-state index contributed by atoms with van der Waals surface area (Å²) >= 11 is 0. The van der Waals surface area contributed by atoms with Gasteiger partial charge in [-0.05, 0) is 17.2 Å². The Bertz CT molecular complexity index is 371. The lowest BCUT2D eigenvalue weighted by atomic mass is 9.78. The van der Waals surface area contributed by atoms with Crippen molar-refractivity contribution in [1.82, 2.24) is 0 Å². The molecule has 0 aliphatic carbocycles. The van der Waals surface area contributed by atoms with E-state index < -0.39 is 0 Å². The van der Waals surface area contributed by atoms with Crippen molar-refractivity contribution in [3.05, 3.63) is 71.8 Å². The molecule has 0 unspecified atom stereocenters. The van der Waals surface area contributed by atoms with Crippen molar-refractivity contribution < 1.29 is 0 Å². The van der Waals surface area contributed by atoms with Gasteiger partial charge >= 0.3 is 0 Å². The van der Waals surface area contributed by atoms with Crippen LogP contribution in [0.5, 0.6) is 0 Å². The summed E-state index contributed by atoms with van der Waals surface area (Å²) in [7, 11) is 0. The topological polar surface area (TPSA) is 0 Å². The second kappa shape index (κ2) is 3.90. The van der Waals surface area contributed by atoms with E-state index in [-0.39, 0.29) is 5.41 Å². The van der Waals surface area contributed by atoms with Gasteiger partial charge in [0.1, 0.15) is 0 Å². The molecule has 0 heterocycles. The lowest BCUT2D eigenvalue weighted by Crippen LogP contribution is -2.18. The highest BCUT2D eigenvalue weighted by Gasteiger charge is 2.21. The summed E-state index contributed by atoms with van der Waals surface area (Å²) in [5.74, 6) is 0. The van der Waals surface area contributed by atoms with Gasteiger partial charge in [-0.25, -0.2) is 0 Å². The van der Waals surface area contributed by atoms with Gasteiger partial charge in [-0.15, -0.1) is 0 Å². The molecule has 0 aliphatic rings. The van der Waals surface area contributed by atoms with Gasteiger partial charge in [0, 0.05) is 5.41 Å². The minimum absolute atomic E-state index is 0.0658. The summed E-state index contributed by atoms with van der Waals surface area (Å²) in [5.41, 5.74) is 2.74. The molecule has 0 heteroatoms. The van der Waals surface area contributed by atoms with Gasteiger partial charge in [0.15, 0.2) is 0 Å². The monoisotopic (exact) mass is 195 g/mol. The molecule has 2 aromatic carbocycles. The largest absolute Gasteiger partial charge is 0.0622 e. The molecular weight excluding hydrogens is 180 g/mol. The molecule has 1 radical (unpaired) electrons. The highest BCUT2D eigenvalue weighted by molar-refractivity contribution is 5.36. The Morgan fingerprint density at radius 1 is 0.800 bits per heavy atom. The van der Waals surface area contributed by atoms with Crippen LogP contribution in [0.15, 0.2) is 54.6 Å². The Hall–Kier alpha value is -1.56. The van der Waals surface area contributed by atoms with Gasteiger partial charge < -0.3 is 0 Å². The fourth-order valence-electron chi connectivity index (χ4n) is 1.83. The summed E-state index contributed by atoms with van der Waals surface area (Å²) in [6, 6.07) is 21.9. The smallest absolute Gasteiger partial charge is 0.0146 e. The standard InChI is InChI=1S/C15H15/c1-15(2,13-9-5-3-6-10-13)14-11-7-4-8-12-14/h3,5-12H,1-2H3. The van der Waals surface area contributed by atoms with Crippen LogP contribution in [0.1, 0.15) is 25.0 Å². The number of hydrogen-bond donors (Lipinski definition) is 0. The predicted octanol–water partition coefficient (Wildman–Crippen LogP) is 3.81. The van der Waals surface area contributed by atoms with E-state index in [4.69, 9.17) is 0 Å². The van der Waals surface area contributed by atoms with Crippen molar-refractivity contribution in [3.63, 3.8) is 0 Å². The zero-order valence-corrected chi connectivity index (χ0v) is 9.20. The quantitative estimate of drug-likeness (QED) is 0.683. The van der Waals surface area contributed by atoms with Crippen LogP contribution < -0.4 is 0 Å². The van der Waals surface area contributed by atoms with E-state index in [9.17, 15) is 0 Å². The van der Waals surface area contributed by atoms with E-state index in [0.717, 1.165) is 0 Å². The Kier molecular flexibility index (Phi) is 2.59. The zero-order valence-electron chi connectivity index (χ0n) is 9.20. The normalized spacial score (nSPS) is 11.3. The van der Waals surface area contributed by atoms with Crippen LogP contribution in [-0.2, 0) is 5.41 Å². The van der Waals surface area contributed by atoms with E-state index in [0.29, 0.717) is 0 Å². The Labute approximate surface area is 91.6 Å². The molecule has 75 valence electrons. The molecule has 0 bridgehead atoms. The summed E-state index contributed by atoms with van der Waals surface area (Å²) < 4.78 is 0. The minimum atomic E-state index is 0.0658. The van der Waals surface area contributed by atoms with Gasteiger partial charge in [-0.2, -0.15) is 0 Å². The lowest BCUT2D eigenvalue weighted by Gasteiger charge is -2.25. The maximum atomic E-state index is 3.06. The molecule has 0 N–H and O–H groups in total. The van der Waals surface area contributed by atoms with Gasteiger partial charge in [0.05, 0.1) is 0 Å². The fourth-order valence-corrected chi connectivity index (χ4v) is 1.83. The van der Waals surface area contributed by atoms with Crippen LogP contribution in [-0.4, -0.2) is 0 Å². The average Bonchev–Trinajstić information content (AvgIpc) is 2.31. The molecular formula is C15H15. The molecule has 0 fully saturated rings. The molecule has 0 aliphatic heterocycles. The molecule has 0 spiro atoms. The van der Waals surface area contributed by atoms with Crippen molar-refractivity contribution >= 4 is 0 Å². The van der Waals surface area contributed by atoms with Gasteiger partial charge in [-0.3, -0.25) is 0 Å². The maximum absolute atomic E-state index is 3.06. The van der Waals surface area contributed by atoms with Crippen molar-refractivity contribution in [1.29, 1.82) is 0 Å². The third-order valence-electron chi connectivity index (χ3n) is 2.94. The van der Waals surface area contributed by atoms with Crippen molar-refractivity contribution in [2.45, 2.75) is 19.3 Å². The number of benzene rings is 2. The zero-order chi connectivity index (χ0) is 10.7. The predicted molar refractivity (Wildman–Crippen MR) is 63.8 cm³/mol. The van der Waals surface area contributed by atoms with Crippen molar-refractivity contribution in [3.8, 4) is 0 Å². The van der Waals surface area contributed by atoms with Crippen LogP contribution in [0.3, 0.4) is 0 Å². The van der Waals surface area contributed by atoms with Crippen molar-refractivity contribution in [2.24, 2.45) is 0 Å². The average molecular weight is 195 g/mol. The first-order chi connectivity index (χ1) is 7.21. The molecule has 2 aromatic rings. The maximum Gasteiger partial charge on any atom is 0.0146 e. The molecule has 0 saturated heterocycles. The van der Waals surface area contributed by atoms with Gasteiger partial charge in [0.25, 0.3) is 0 Å². The first-order valence-electron chi connectivity index (χ1n) is 5.23. The Morgan fingerprint density at radius 2 is 1.33 bits per heavy atom. The van der Waals surface area contributed by atoms with E-state index in [1.807, 2.05) is 12.1 Å². The Morgan fingerprint density at radius 3 is 1.93 bits per heavy atom. The third kappa shape index (κ3) is 1.94. The molecule has 0 nitrogen and oxygen atoms in total. The van der Waals surface area contributed by atoms with Crippen LogP contribution in [0, 0.1) is 6.07 Å². The highest BCUT2D eigenvalue weighted by Crippen LogP contribution is 2.30. The molecule has 0 aromatic heterocycles. The summed E-state index contributed by atoms with van der Waals surface area (Å²) in [5, 5.41) is 0. The third-order valence-corrected chi connectivity index (χ3v) is 2.94. The van der Waals surface area contributed by atoms with Gasteiger partial charge in [0.2, 0.25) is 0 Å². The lowest BCUT2D eigenvalue weighted by molar-refractivity contribution is 0.641. The van der Waals surface area contributed by atoms with Crippen molar-refractivity contribution in [2.75, 3.05) is 0 Å². The summed E-state index contributed by atoms with van der Waals surface area (Å²) in [4.78, 5) is 0. The van der Waals surface area contributed by atoms with Crippen LogP contribution in [0.4, 0.5) is 0 Å². The van der Waals surface area contributed by atoms with E-state index >= 15 is 0 Å². The minimum Gasteiger partial charge on any atom is -0.0622 e. The summed E-state index contributed by atoms with van der Waals surface area (Å²) in [6.07, 6.45) is 0. The Balaban J connectivity index is 2.44. The fraction of sp³-hybridized carbons (Fsp3) is 0.200. The van der Waals surface area contributed by atoms with Crippen LogP contribution >= 0.6 is 0 Å². The molecule has 15 heavy (non-hydrogen) atoms. The van der Waals surface area contributed by atoms with E-state index in [1.54, 1.807) is 0 Å². The first-order valence-corrected chi connectivity index (χ1v) is 5.23. The molecule has 0 saturated carbocycles. The second-order valence-electron chi connectivity index (χ2n) is 4.28. The second-order valence-corrected chi connectivity index (χ2v) is 4.28. The number of rotatable bonds is 2. The SMILES string of the molecule is CC(C)(c1cc[c]cc1)c1ccccc1. The highest BCUT2D eigenvalue weighted by atomic mass is 14.2. The molecule has 0 atom stereocenters. The number of hydrogen-bond acceptors (Lipinski definition) is 0. The van der Waals surface area contributed by atoms with E-state index in [2.05, 4.69) is 62.4 Å². The summed E-state index contributed by atoms with van der Waals surface area (Å²) in [6.45, 7) is 4.50. The molecule has 0 amide bonds. The van der Waals surface area contributed by atoms with Crippen LogP contribution in [0.2, 0.25) is 0 Å². The van der Waals surface area contributed by atoms with Gasteiger partial charge in [-0.1, -0.05) is 68.4 Å².